The smallest absolute Gasteiger partial charge is 0.308 e. The van der Waals surface area contributed by atoms with Crippen molar-refractivity contribution in [3.8, 4) is 0 Å². The monoisotopic (exact) mass is 402 g/mol. The number of nitrogens with zero attached hydrogens (tertiary/aromatic N) is 4. The quantitative estimate of drug-likeness (QED) is 0.711. The van der Waals surface area contributed by atoms with Crippen molar-refractivity contribution in [1.82, 2.24) is 19.6 Å². The summed E-state index contributed by atoms with van der Waals surface area (Å²) in [4.78, 5) is 16.8. The number of thioether (sulfide) groups is 1. The van der Waals surface area contributed by atoms with Crippen LogP contribution in [0.2, 0.25) is 0 Å². The molecule has 2 heterocycles. The van der Waals surface area contributed by atoms with Crippen molar-refractivity contribution in [3.05, 3.63) is 42.1 Å². The summed E-state index contributed by atoms with van der Waals surface area (Å²) in [6, 6.07) is 9.61. The van der Waals surface area contributed by atoms with Gasteiger partial charge in [0.1, 0.15) is 0 Å². The van der Waals surface area contributed by atoms with Crippen LogP contribution in [-0.4, -0.2) is 77.4 Å². The lowest BCUT2D eigenvalue weighted by Crippen LogP contribution is -2.34. The van der Waals surface area contributed by atoms with Crippen molar-refractivity contribution < 1.29 is 4.79 Å². The SMILES string of the molecule is CN(C)CCn1ccc(NC(=O)Nc2ccc(CCN3CCSCC3)cc2)n1. The van der Waals surface area contributed by atoms with Crippen LogP contribution in [0.1, 0.15) is 5.56 Å². The molecular formula is C20H30N6OS. The van der Waals surface area contributed by atoms with Gasteiger partial charge in [0.25, 0.3) is 0 Å². The number of amides is 2. The van der Waals surface area contributed by atoms with Crippen LogP contribution in [0.5, 0.6) is 0 Å². The molecule has 1 fully saturated rings. The molecule has 0 bridgehead atoms. The lowest BCUT2D eigenvalue weighted by atomic mass is 10.1. The van der Waals surface area contributed by atoms with E-state index in [1.54, 1.807) is 6.07 Å². The first-order valence-corrected chi connectivity index (χ1v) is 10.9. The average molecular weight is 403 g/mol. The summed E-state index contributed by atoms with van der Waals surface area (Å²) in [6.07, 6.45) is 2.91. The number of aromatic nitrogens is 2. The number of likely N-dealkylation sites (N-methyl/N-ethyl adjacent to an activating group) is 1. The van der Waals surface area contributed by atoms with E-state index in [0.29, 0.717) is 5.82 Å². The molecule has 0 radical (unpaired) electrons. The second kappa shape index (κ2) is 10.5. The molecule has 152 valence electrons. The summed E-state index contributed by atoms with van der Waals surface area (Å²) in [5.74, 6) is 3.03. The van der Waals surface area contributed by atoms with Gasteiger partial charge < -0.3 is 15.1 Å². The predicted molar refractivity (Wildman–Crippen MR) is 117 cm³/mol. The molecule has 8 heteroatoms. The first-order valence-electron chi connectivity index (χ1n) is 9.74. The highest BCUT2D eigenvalue weighted by Crippen LogP contribution is 2.13. The van der Waals surface area contributed by atoms with E-state index in [2.05, 4.69) is 37.7 Å². The van der Waals surface area contributed by atoms with Crippen LogP contribution in [0.4, 0.5) is 16.3 Å². The van der Waals surface area contributed by atoms with Crippen molar-refractivity contribution in [2.45, 2.75) is 13.0 Å². The molecule has 1 saturated heterocycles. The molecule has 0 saturated carbocycles. The minimum Gasteiger partial charge on any atom is -0.308 e. The zero-order chi connectivity index (χ0) is 19.8. The second-order valence-electron chi connectivity index (χ2n) is 7.25. The summed E-state index contributed by atoms with van der Waals surface area (Å²) in [6.45, 7) is 5.17. The Bertz CT molecular complexity index is 739. The Hall–Kier alpha value is -2.03. The van der Waals surface area contributed by atoms with Crippen LogP contribution >= 0.6 is 11.8 Å². The van der Waals surface area contributed by atoms with Gasteiger partial charge in [0.05, 0.1) is 6.54 Å². The number of hydrogen-bond acceptors (Lipinski definition) is 5. The summed E-state index contributed by atoms with van der Waals surface area (Å²) in [5.41, 5.74) is 2.08. The number of benzene rings is 1. The van der Waals surface area contributed by atoms with Gasteiger partial charge in [-0.05, 0) is 38.2 Å². The van der Waals surface area contributed by atoms with Gasteiger partial charge in [-0.25, -0.2) is 4.79 Å². The topological polar surface area (TPSA) is 65.4 Å². The molecule has 2 amide bonds. The van der Waals surface area contributed by atoms with E-state index in [4.69, 9.17) is 0 Å². The second-order valence-corrected chi connectivity index (χ2v) is 8.47. The highest BCUT2D eigenvalue weighted by atomic mass is 32.2. The Labute approximate surface area is 171 Å². The Morgan fingerprint density at radius 3 is 2.57 bits per heavy atom. The van der Waals surface area contributed by atoms with Gasteiger partial charge in [-0.1, -0.05) is 12.1 Å². The maximum Gasteiger partial charge on any atom is 0.324 e. The molecule has 1 aromatic heterocycles. The van der Waals surface area contributed by atoms with Crippen molar-refractivity contribution >= 4 is 29.3 Å². The zero-order valence-corrected chi connectivity index (χ0v) is 17.5. The summed E-state index contributed by atoms with van der Waals surface area (Å²) in [7, 11) is 4.04. The van der Waals surface area contributed by atoms with E-state index in [9.17, 15) is 4.79 Å². The Morgan fingerprint density at radius 1 is 1.11 bits per heavy atom. The van der Waals surface area contributed by atoms with Gasteiger partial charge in [-0.15, -0.1) is 0 Å². The highest BCUT2D eigenvalue weighted by Gasteiger charge is 2.10. The molecular weight excluding hydrogens is 372 g/mol. The number of rotatable bonds is 8. The van der Waals surface area contributed by atoms with Crippen LogP contribution in [0, 0.1) is 0 Å². The number of nitrogens with one attached hydrogen (secondary N) is 2. The molecule has 7 nitrogen and oxygen atoms in total. The van der Waals surface area contributed by atoms with Crippen LogP contribution in [0.15, 0.2) is 36.5 Å². The minimum absolute atomic E-state index is 0.281. The third-order valence-corrected chi connectivity index (χ3v) is 5.63. The maximum absolute atomic E-state index is 12.2. The lowest BCUT2D eigenvalue weighted by Gasteiger charge is -2.26. The largest absolute Gasteiger partial charge is 0.324 e. The third-order valence-electron chi connectivity index (χ3n) is 4.69. The molecule has 28 heavy (non-hydrogen) atoms. The number of hydrogen-bond donors (Lipinski definition) is 2. The summed E-state index contributed by atoms with van der Waals surface area (Å²) < 4.78 is 1.82. The normalized spacial score (nSPS) is 15.0. The van der Waals surface area contributed by atoms with E-state index >= 15 is 0 Å². The average Bonchev–Trinajstić information content (AvgIpc) is 3.14. The van der Waals surface area contributed by atoms with Crippen LogP contribution in [0.3, 0.4) is 0 Å². The molecule has 0 unspecified atom stereocenters. The fourth-order valence-corrected chi connectivity index (χ4v) is 3.98. The summed E-state index contributed by atoms with van der Waals surface area (Å²) >= 11 is 2.04. The maximum atomic E-state index is 12.2. The molecule has 2 aromatic rings. The van der Waals surface area contributed by atoms with Crippen molar-refractivity contribution in [3.63, 3.8) is 0 Å². The Balaban J connectivity index is 1.42. The number of urea groups is 1. The Kier molecular flexibility index (Phi) is 7.76. The van der Waals surface area contributed by atoms with E-state index in [1.165, 1.54) is 30.2 Å². The third kappa shape index (κ3) is 6.85. The fourth-order valence-electron chi connectivity index (χ4n) is 3.00. The molecule has 1 aromatic carbocycles. The van der Waals surface area contributed by atoms with Crippen molar-refractivity contribution in [1.29, 1.82) is 0 Å². The van der Waals surface area contributed by atoms with Crippen molar-refractivity contribution in [2.24, 2.45) is 0 Å². The van der Waals surface area contributed by atoms with Gasteiger partial charge in [0.2, 0.25) is 0 Å². The van der Waals surface area contributed by atoms with Crippen molar-refractivity contribution in [2.75, 3.05) is 62.4 Å². The molecule has 0 aliphatic carbocycles. The molecule has 1 aliphatic heterocycles. The lowest BCUT2D eigenvalue weighted by molar-refractivity contribution is 0.262. The summed E-state index contributed by atoms with van der Waals surface area (Å²) in [5, 5.41) is 10.00. The number of carbonyl (C=O) groups is 1. The number of anilines is 2. The molecule has 0 atom stereocenters. The van der Waals surface area contributed by atoms with Crippen LogP contribution < -0.4 is 10.6 Å². The first kappa shape index (κ1) is 20.7. The first-order chi connectivity index (χ1) is 13.6. The fraction of sp³-hybridized carbons (Fsp3) is 0.500. The van der Waals surface area contributed by atoms with Gasteiger partial charge in [0, 0.05) is 55.6 Å². The highest BCUT2D eigenvalue weighted by molar-refractivity contribution is 7.99. The molecule has 3 rings (SSSR count). The van der Waals surface area contributed by atoms with Crippen LogP contribution in [0.25, 0.3) is 0 Å². The Morgan fingerprint density at radius 2 is 1.86 bits per heavy atom. The molecule has 0 spiro atoms. The molecule has 1 aliphatic rings. The van der Waals surface area contributed by atoms with Gasteiger partial charge >= 0.3 is 6.03 Å². The molecule has 2 N–H and O–H groups in total. The minimum atomic E-state index is -0.281. The van der Waals surface area contributed by atoms with E-state index in [1.807, 2.05) is 48.9 Å². The van der Waals surface area contributed by atoms with E-state index in [-0.39, 0.29) is 6.03 Å². The zero-order valence-electron chi connectivity index (χ0n) is 16.7. The van der Waals surface area contributed by atoms with E-state index < -0.39 is 0 Å². The van der Waals surface area contributed by atoms with Gasteiger partial charge in [0.15, 0.2) is 5.82 Å². The van der Waals surface area contributed by atoms with Crippen LogP contribution in [-0.2, 0) is 13.0 Å². The predicted octanol–water partition coefficient (Wildman–Crippen LogP) is 2.68. The standard InChI is InChI=1S/C20H30N6OS/c1-24(2)11-12-26-10-8-19(23-26)22-20(27)21-18-5-3-17(4-6-18)7-9-25-13-15-28-16-14-25/h3-6,8,10H,7,9,11-16H2,1-2H3,(H2,21,22,23,27). The van der Waals surface area contributed by atoms with Gasteiger partial charge in [-0.2, -0.15) is 16.9 Å². The van der Waals surface area contributed by atoms with Gasteiger partial charge in [-0.3, -0.25) is 10.00 Å². The number of carbonyl (C=O) groups excluding carboxylic acids is 1. The van der Waals surface area contributed by atoms with E-state index in [0.717, 1.165) is 31.7 Å².